The lowest BCUT2D eigenvalue weighted by Gasteiger charge is -2.39. The second kappa shape index (κ2) is 8.35. The summed E-state index contributed by atoms with van der Waals surface area (Å²) >= 11 is 0. The molecule has 24 heavy (non-hydrogen) atoms. The first-order chi connectivity index (χ1) is 11.2. The van der Waals surface area contributed by atoms with E-state index in [0.29, 0.717) is 31.0 Å². The van der Waals surface area contributed by atoms with Crippen LogP contribution in [-0.2, 0) is 18.0 Å². The molecule has 1 N–H and O–H groups in total. The predicted octanol–water partition coefficient (Wildman–Crippen LogP) is 2.04. The third-order valence-corrected chi connectivity index (χ3v) is 4.43. The van der Waals surface area contributed by atoms with Gasteiger partial charge in [-0.25, -0.2) is 0 Å². The SMILES string of the molecule is CC1CCCC(C)N1[n+]1[n-]oc(=N)c1COCc1ccccc1.Cl. The number of aromatic nitrogens is 2. The lowest BCUT2D eigenvalue weighted by molar-refractivity contribution is -0.778. The molecule has 1 aliphatic heterocycles. The van der Waals surface area contributed by atoms with Gasteiger partial charge >= 0.3 is 0 Å². The van der Waals surface area contributed by atoms with Crippen molar-refractivity contribution in [2.45, 2.75) is 58.4 Å². The third kappa shape index (κ3) is 3.99. The average Bonchev–Trinajstić information content (AvgIpc) is 2.90. The summed E-state index contributed by atoms with van der Waals surface area (Å²) in [5.74, 6) is 0. The molecule has 7 heteroatoms. The Bertz CT molecular complexity index is 675. The zero-order valence-electron chi connectivity index (χ0n) is 14.1. The molecule has 0 spiro atoms. The molecule has 2 heterocycles. The van der Waals surface area contributed by atoms with E-state index in [9.17, 15) is 0 Å². The first kappa shape index (κ1) is 18.5. The van der Waals surface area contributed by atoms with E-state index in [-0.39, 0.29) is 18.0 Å². The Kier molecular flexibility index (Phi) is 6.45. The van der Waals surface area contributed by atoms with Crippen molar-refractivity contribution in [3.8, 4) is 0 Å². The predicted molar refractivity (Wildman–Crippen MR) is 91.3 cm³/mol. The summed E-state index contributed by atoms with van der Waals surface area (Å²) in [4.78, 5) is 1.74. The second-order valence-electron chi connectivity index (χ2n) is 6.23. The quantitative estimate of drug-likeness (QED) is 0.836. The number of nitrogens with one attached hydrogen (secondary N) is 1. The minimum absolute atomic E-state index is 0. The molecule has 0 aliphatic carbocycles. The number of hydrogen-bond donors (Lipinski definition) is 1. The van der Waals surface area contributed by atoms with Gasteiger partial charge in [0.15, 0.2) is 0 Å². The molecular formula is C17H25ClN4O2. The van der Waals surface area contributed by atoms with Crippen molar-refractivity contribution in [1.29, 1.82) is 5.41 Å². The van der Waals surface area contributed by atoms with Crippen LogP contribution in [0.4, 0.5) is 0 Å². The van der Waals surface area contributed by atoms with Gasteiger partial charge in [0.05, 0.1) is 6.61 Å². The fourth-order valence-electron chi connectivity index (χ4n) is 3.20. The van der Waals surface area contributed by atoms with Crippen molar-refractivity contribution >= 4 is 12.4 Å². The highest BCUT2D eigenvalue weighted by Crippen LogP contribution is 2.18. The summed E-state index contributed by atoms with van der Waals surface area (Å²) in [7, 11) is 0. The molecule has 6 nitrogen and oxygen atoms in total. The van der Waals surface area contributed by atoms with Crippen molar-refractivity contribution in [2.24, 2.45) is 0 Å². The van der Waals surface area contributed by atoms with Crippen LogP contribution in [0.5, 0.6) is 0 Å². The summed E-state index contributed by atoms with van der Waals surface area (Å²) in [5, 5.41) is 14.2. The van der Waals surface area contributed by atoms with E-state index >= 15 is 0 Å². The molecule has 132 valence electrons. The maximum atomic E-state index is 7.97. The summed E-state index contributed by atoms with van der Waals surface area (Å²) in [6.45, 7) is 5.20. The highest BCUT2D eigenvalue weighted by Gasteiger charge is 2.29. The molecule has 0 radical (unpaired) electrons. The minimum Gasteiger partial charge on any atom is -0.380 e. The topological polar surface area (TPSA) is 67.4 Å². The number of benzene rings is 1. The third-order valence-electron chi connectivity index (χ3n) is 4.43. The van der Waals surface area contributed by atoms with Gasteiger partial charge in [-0.05, 0) is 23.7 Å². The van der Waals surface area contributed by atoms with Crippen molar-refractivity contribution in [3.05, 3.63) is 47.1 Å². The van der Waals surface area contributed by atoms with E-state index in [1.165, 1.54) is 6.42 Å². The van der Waals surface area contributed by atoms with E-state index < -0.39 is 0 Å². The molecule has 2 aromatic rings. The molecule has 1 aromatic carbocycles. The molecular weight excluding hydrogens is 328 g/mol. The van der Waals surface area contributed by atoms with Crippen LogP contribution in [0.3, 0.4) is 0 Å². The van der Waals surface area contributed by atoms with E-state index in [1.54, 1.807) is 4.79 Å². The average molecular weight is 353 g/mol. The van der Waals surface area contributed by atoms with Gasteiger partial charge in [0.2, 0.25) is 0 Å². The fraction of sp³-hybridized carbons (Fsp3) is 0.529. The van der Waals surface area contributed by atoms with Gasteiger partial charge in [-0.3, -0.25) is 10.4 Å². The number of nitrogens with zero attached hydrogens (tertiary/aromatic N) is 3. The summed E-state index contributed by atoms with van der Waals surface area (Å²) in [6, 6.07) is 10.8. The van der Waals surface area contributed by atoms with Gasteiger partial charge in [-0.1, -0.05) is 55.4 Å². The van der Waals surface area contributed by atoms with Gasteiger partial charge < -0.3 is 9.26 Å². The number of ether oxygens (including phenoxy) is 1. The van der Waals surface area contributed by atoms with Crippen LogP contribution in [0.25, 0.3) is 0 Å². The molecule has 2 atom stereocenters. The lowest BCUT2D eigenvalue weighted by Crippen LogP contribution is -2.70. The van der Waals surface area contributed by atoms with Crippen LogP contribution >= 0.6 is 12.4 Å². The Morgan fingerprint density at radius 3 is 2.54 bits per heavy atom. The summed E-state index contributed by atoms with van der Waals surface area (Å²) in [5.41, 5.74) is 1.85. The van der Waals surface area contributed by atoms with Crippen LogP contribution in [0.2, 0.25) is 0 Å². The van der Waals surface area contributed by atoms with E-state index in [1.807, 2.05) is 30.3 Å². The summed E-state index contributed by atoms with van der Waals surface area (Å²) < 4.78 is 10.9. The van der Waals surface area contributed by atoms with Crippen molar-refractivity contribution in [1.82, 2.24) is 5.27 Å². The summed E-state index contributed by atoms with van der Waals surface area (Å²) in [6.07, 6.45) is 3.48. The highest BCUT2D eigenvalue weighted by atomic mass is 35.5. The largest absolute Gasteiger partial charge is 0.380 e. The maximum absolute atomic E-state index is 7.97. The molecule has 1 saturated heterocycles. The molecule has 0 saturated carbocycles. The Hall–Kier alpha value is -1.79. The first-order valence-electron chi connectivity index (χ1n) is 8.19. The Morgan fingerprint density at radius 2 is 1.88 bits per heavy atom. The van der Waals surface area contributed by atoms with Crippen LogP contribution in [0.15, 0.2) is 34.9 Å². The maximum Gasteiger partial charge on any atom is 0.292 e. The Labute approximate surface area is 148 Å². The van der Waals surface area contributed by atoms with Gasteiger partial charge in [-0.15, -0.1) is 12.4 Å². The number of piperidine rings is 1. The van der Waals surface area contributed by atoms with Crippen LogP contribution in [-0.4, -0.2) is 12.1 Å². The molecule has 0 amide bonds. The number of hydrogen-bond acceptors (Lipinski definition) is 4. The normalized spacial score (nSPS) is 20.7. The number of halogens is 1. The van der Waals surface area contributed by atoms with E-state index in [0.717, 1.165) is 18.4 Å². The second-order valence-corrected chi connectivity index (χ2v) is 6.23. The smallest absolute Gasteiger partial charge is 0.292 e. The first-order valence-corrected chi connectivity index (χ1v) is 8.19. The minimum atomic E-state index is 0. The van der Waals surface area contributed by atoms with Crippen LogP contribution in [0.1, 0.15) is 44.4 Å². The van der Waals surface area contributed by atoms with E-state index in [4.69, 9.17) is 14.7 Å². The fourth-order valence-corrected chi connectivity index (χ4v) is 3.20. The standard InChI is InChI=1S/C17H24N4O2.ClH/c1-13-7-6-8-14(2)20(13)21-16(17(18)23-19-21)12-22-11-15-9-4-3-5-10-15;/h3-5,9-10,13-14,18H,6-8,11-12H2,1-2H3;1H. The molecule has 3 rings (SSSR count). The monoisotopic (exact) mass is 352 g/mol. The number of rotatable bonds is 5. The van der Waals surface area contributed by atoms with Crippen LogP contribution in [0, 0.1) is 5.41 Å². The van der Waals surface area contributed by atoms with Gasteiger partial charge in [-0.2, -0.15) is 0 Å². The Morgan fingerprint density at radius 1 is 1.21 bits per heavy atom. The zero-order valence-corrected chi connectivity index (χ0v) is 15.0. The van der Waals surface area contributed by atoms with Crippen molar-refractivity contribution < 1.29 is 14.1 Å². The van der Waals surface area contributed by atoms with Crippen molar-refractivity contribution in [3.63, 3.8) is 0 Å². The highest BCUT2D eigenvalue weighted by molar-refractivity contribution is 5.85. The van der Waals surface area contributed by atoms with Gasteiger partial charge in [0.25, 0.3) is 11.2 Å². The molecule has 1 aromatic heterocycles. The molecule has 1 fully saturated rings. The van der Waals surface area contributed by atoms with Crippen LogP contribution < -0.4 is 20.6 Å². The van der Waals surface area contributed by atoms with Gasteiger partial charge in [0.1, 0.15) is 6.61 Å². The zero-order chi connectivity index (χ0) is 16.2. The molecule has 0 bridgehead atoms. The van der Waals surface area contributed by atoms with Gasteiger partial charge in [0, 0.05) is 12.1 Å². The van der Waals surface area contributed by atoms with Crippen molar-refractivity contribution in [2.75, 3.05) is 5.01 Å². The molecule has 2 unspecified atom stereocenters. The Balaban J connectivity index is 0.00000208. The molecule has 1 aliphatic rings. The van der Waals surface area contributed by atoms with E-state index in [2.05, 4.69) is 24.1 Å². The lowest BCUT2D eigenvalue weighted by atomic mass is 10.00.